The van der Waals surface area contributed by atoms with Crippen LogP contribution in [0.2, 0.25) is 0 Å². The lowest BCUT2D eigenvalue weighted by atomic mass is 10.2. The van der Waals surface area contributed by atoms with Crippen molar-refractivity contribution in [2.45, 2.75) is 20.4 Å². The molecule has 0 aliphatic rings. The smallest absolute Gasteiger partial charge is 0.142 e. The molecule has 2 aromatic carbocycles. The molecular weight excluding hydrogens is 331 g/mol. The molecule has 0 bridgehead atoms. The first-order valence-electron chi connectivity index (χ1n) is 8.47. The molecule has 0 amide bonds. The first kappa shape index (κ1) is 17.7. The summed E-state index contributed by atoms with van der Waals surface area (Å²) in [5, 5.41) is 6.52. The Morgan fingerprint density at radius 2 is 1.73 bits per heavy atom. The second-order valence-corrected chi connectivity index (χ2v) is 5.72. The molecule has 0 spiro atoms. The summed E-state index contributed by atoms with van der Waals surface area (Å²) in [7, 11) is 0. The van der Waals surface area contributed by atoms with Gasteiger partial charge in [-0.3, -0.25) is 0 Å². The average molecular weight is 352 g/mol. The molecule has 0 aliphatic heterocycles. The van der Waals surface area contributed by atoms with Gasteiger partial charge < -0.3 is 15.4 Å². The van der Waals surface area contributed by atoms with Crippen molar-refractivity contribution >= 4 is 17.3 Å². The molecule has 0 saturated carbocycles. The molecule has 134 valence electrons. The van der Waals surface area contributed by atoms with Gasteiger partial charge in [-0.15, -0.1) is 0 Å². The Bertz CT molecular complexity index is 868. The van der Waals surface area contributed by atoms with Crippen molar-refractivity contribution in [1.29, 1.82) is 0 Å². The van der Waals surface area contributed by atoms with Crippen LogP contribution in [-0.4, -0.2) is 16.6 Å². The van der Waals surface area contributed by atoms with E-state index < -0.39 is 0 Å². The minimum absolute atomic E-state index is 0.244. The third kappa shape index (κ3) is 4.69. The number of ether oxygens (including phenoxy) is 1. The van der Waals surface area contributed by atoms with E-state index in [-0.39, 0.29) is 5.82 Å². The standard InChI is InChI=1S/C20H21FN4O/c1-3-26-18-7-5-4-6-17(18)25-20-12-19(23-14(2)24-20)22-13-15-8-10-16(21)11-9-15/h4-12H,3,13H2,1-2H3,(H2,22,23,24,25). The summed E-state index contributed by atoms with van der Waals surface area (Å²) in [5.74, 6) is 2.54. The van der Waals surface area contributed by atoms with Crippen LogP contribution in [0.5, 0.6) is 5.75 Å². The van der Waals surface area contributed by atoms with Gasteiger partial charge in [-0.05, 0) is 43.7 Å². The first-order valence-corrected chi connectivity index (χ1v) is 8.47. The maximum absolute atomic E-state index is 13.0. The normalized spacial score (nSPS) is 10.4. The number of para-hydroxylation sites is 2. The van der Waals surface area contributed by atoms with E-state index in [1.807, 2.05) is 44.2 Å². The molecule has 3 rings (SSSR count). The van der Waals surface area contributed by atoms with Crippen molar-refractivity contribution in [3.8, 4) is 5.75 Å². The molecule has 2 N–H and O–H groups in total. The number of aryl methyl sites for hydroxylation is 1. The summed E-state index contributed by atoms with van der Waals surface area (Å²) in [6.45, 7) is 4.92. The number of nitrogens with zero attached hydrogens (tertiary/aromatic N) is 2. The van der Waals surface area contributed by atoms with Crippen LogP contribution in [0.1, 0.15) is 18.3 Å². The number of hydrogen-bond donors (Lipinski definition) is 2. The highest BCUT2D eigenvalue weighted by Crippen LogP contribution is 2.27. The van der Waals surface area contributed by atoms with Crippen LogP contribution in [0.25, 0.3) is 0 Å². The van der Waals surface area contributed by atoms with Gasteiger partial charge in [0.25, 0.3) is 0 Å². The predicted octanol–water partition coefficient (Wildman–Crippen LogP) is 4.68. The molecule has 0 saturated heterocycles. The zero-order chi connectivity index (χ0) is 18.4. The van der Waals surface area contributed by atoms with E-state index >= 15 is 0 Å². The van der Waals surface area contributed by atoms with Crippen LogP contribution in [0, 0.1) is 12.7 Å². The molecular formula is C20H21FN4O. The molecule has 0 fully saturated rings. The summed E-state index contributed by atoms with van der Waals surface area (Å²) >= 11 is 0. The van der Waals surface area contributed by atoms with E-state index in [0.717, 1.165) is 17.0 Å². The van der Waals surface area contributed by atoms with E-state index in [4.69, 9.17) is 4.74 Å². The highest BCUT2D eigenvalue weighted by molar-refractivity contribution is 5.65. The van der Waals surface area contributed by atoms with Crippen molar-refractivity contribution in [1.82, 2.24) is 9.97 Å². The fourth-order valence-corrected chi connectivity index (χ4v) is 2.51. The van der Waals surface area contributed by atoms with Crippen molar-refractivity contribution in [3.63, 3.8) is 0 Å². The fraction of sp³-hybridized carbons (Fsp3) is 0.200. The SMILES string of the molecule is CCOc1ccccc1Nc1cc(NCc2ccc(F)cc2)nc(C)n1. The van der Waals surface area contributed by atoms with E-state index in [0.29, 0.717) is 30.6 Å². The summed E-state index contributed by atoms with van der Waals surface area (Å²) in [6, 6.07) is 15.9. The average Bonchev–Trinajstić information content (AvgIpc) is 2.63. The topological polar surface area (TPSA) is 59.1 Å². The summed E-state index contributed by atoms with van der Waals surface area (Å²) in [4.78, 5) is 8.83. The number of anilines is 3. The van der Waals surface area contributed by atoms with Crippen molar-refractivity contribution in [2.75, 3.05) is 17.2 Å². The first-order chi connectivity index (χ1) is 12.6. The molecule has 1 aromatic heterocycles. The van der Waals surface area contributed by atoms with Crippen LogP contribution in [0.15, 0.2) is 54.6 Å². The second-order valence-electron chi connectivity index (χ2n) is 5.72. The lowest BCUT2D eigenvalue weighted by molar-refractivity contribution is 0.342. The number of halogens is 1. The van der Waals surface area contributed by atoms with Gasteiger partial charge in [-0.25, -0.2) is 14.4 Å². The Labute approximate surface area is 152 Å². The molecule has 0 atom stereocenters. The molecule has 6 heteroatoms. The third-order valence-corrected chi connectivity index (χ3v) is 3.67. The lowest BCUT2D eigenvalue weighted by Crippen LogP contribution is -2.05. The second kappa shape index (κ2) is 8.29. The highest BCUT2D eigenvalue weighted by Gasteiger charge is 2.06. The number of aromatic nitrogens is 2. The van der Waals surface area contributed by atoms with Crippen LogP contribution in [-0.2, 0) is 6.54 Å². The molecule has 5 nitrogen and oxygen atoms in total. The highest BCUT2D eigenvalue weighted by atomic mass is 19.1. The Balaban J connectivity index is 1.74. The largest absolute Gasteiger partial charge is 0.492 e. The number of benzene rings is 2. The van der Waals surface area contributed by atoms with E-state index in [1.54, 1.807) is 12.1 Å². The van der Waals surface area contributed by atoms with Gasteiger partial charge in [-0.2, -0.15) is 0 Å². The lowest BCUT2D eigenvalue weighted by Gasteiger charge is -2.13. The zero-order valence-corrected chi connectivity index (χ0v) is 14.8. The van der Waals surface area contributed by atoms with Crippen molar-refractivity contribution in [2.24, 2.45) is 0 Å². The molecule has 1 heterocycles. The van der Waals surface area contributed by atoms with Gasteiger partial charge in [0.1, 0.15) is 29.0 Å². The zero-order valence-electron chi connectivity index (χ0n) is 14.8. The molecule has 0 unspecified atom stereocenters. The number of rotatable bonds is 7. The van der Waals surface area contributed by atoms with Gasteiger partial charge in [0.05, 0.1) is 12.3 Å². The van der Waals surface area contributed by atoms with Crippen molar-refractivity contribution < 1.29 is 9.13 Å². The van der Waals surface area contributed by atoms with Gasteiger partial charge in [0, 0.05) is 12.6 Å². The van der Waals surface area contributed by atoms with E-state index in [9.17, 15) is 4.39 Å². The van der Waals surface area contributed by atoms with Gasteiger partial charge in [-0.1, -0.05) is 24.3 Å². The van der Waals surface area contributed by atoms with Crippen LogP contribution in [0.4, 0.5) is 21.7 Å². The fourth-order valence-electron chi connectivity index (χ4n) is 2.51. The maximum Gasteiger partial charge on any atom is 0.142 e. The quantitative estimate of drug-likeness (QED) is 0.647. The summed E-state index contributed by atoms with van der Waals surface area (Å²) in [6.07, 6.45) is 0. The summed E-state index contributed by atoms with van der Waals surface area (Å²) in [5.41, 5.74) is 1.82. The van der Waals surface area contributed by atoms with Gasteiger partial charge in [0.2, 0.25) is 0 Å². The Kier molecular flexibility index (Phi) is 5.63. The van der Waals surface area contributed by atoms with Crippen LogP contribution >= 0.6 is 0 Å². The Hall–Kier alpha value is -3.15. The number of nitrogens with one attached hydrogen (secondary N) is 2. The van der Waals surface area contributed by atoms with E-state index in [2.05, 4.69) is 20.6 Å². The molecule has 0 radical (unpaired) electrons. The molecule has 26 heavy (non-hydrogen) atoms. The Morgan fingerprint density at radius 1 is 1.00 bits per heavy atom. The predicted molar refractivity (Wildman–Crippen MR) is 101 cm³/mol. The third-order valence-electron chi connectivity index (χ3n) is 3.67. The van der Waals surface area contributed by atoms with Gasteiger partial charge >= 0.3 is 0 Å². The summed E-state index contributed by atoms with van der Waals surface area (Å²) < 4.78 is 18.6. The number of hydrogen-bond acceptors (Lipinski definition) is 5. The maximum atomic E-state index is 13.0. The monoisotopic (exact) mass is 352 g/mol. The van der Waals surface area contributed by atoms with E-state index in [1.165, 1.54) is 12.1 Å². The molecule has 3 aromatic rings. The van der Waals surface area contributed by atoms with Gasteiger partial charge in [0.15, 0.2) is 0 Å². The molecule has 0 aliphatic carbocycles. The Morgan fingerprint density at radius 3 is 2.50 bits per heavy atom. The van der Waals surface area contributed by atoms with Crippen LogP contribution < -0.4 is 15.4 Å². The minimum Gasteiger partial charge on any atom is -0.492 e. The van der Waals surface area contributed by atoms with Crippen molar-refractivity contribution in [3.05, 3.63) is 71.8 Å². The minimum atomic E-state index is -0.244. The van der Waals surface area contributed by atoms with Crippen LogP contribution in [0.3, 0.4) is 0 Å².